The average molecular weight is 530 g/mol. The number of carbonyl (C=O) groups excluding carboxylic acids is 1. The number of hydrogen-bond acceptors (Lipinski definition) is 2. The van der Waals surface area contributed by atoms with Crippen molar-refractivity contribution in [1.29, 1.82) is 0 Å². The number of urea groups is 1. The number of guanidine groups is 1. The van der Waals surface area contributed by atoms with Crippen LogP contribution in [-0.2, 0) is 13.0 Å². The maximum Gasteiger partial charge on any atom is 0.319 e. The van der Waals surface area contributed by atoms with Crippen molar-refractivity contribution >= 4 is 53.3 Å². The van der Waals surface area contributed by atoms with Gasteiger partial charge in [-0.2, -0.15) is 0 Å². The fourth-order valence-corrected chi connectivity index (χ4v) is 2.77. The summed E-state index contributed by atoms with van der Waals surface area (Å²) in [5.74, 6) is 0.737. The van der Waals surface area contributed by atoms with E-state index >= 15 is 0 Å². The van der Waals surface area contributed by atoms with E-state index in [0.717, 1.165) is 35.2 Å². The molecule has 158 valence electrons. The molecule has 2 amide bonds. The summed E-state index contributed by atoms with van der Waals surface area (Å²) in [6.45, 7) is 5.23. The SMILES string of the molecule is CN=C(NCCc1cccc(Cl)c1)NCc1ccc(NC(=O)NC(C)C)cc1.I. The summed E-state index contributed by atoms with van der Waals surface area (Å²) < 4.78 is 0. The Balaban J connectivity index is 0.00000420. The molecular weight excluding hydrogens is 501 g/mol. The van der Waals surface area contributed by atoms with Crippen LogP contribution in [0, 0.1) is 0 Å². The van der Waals surface area contributed by atoms with E-state index in [0.29, 0.717) is 6.54 Å². The smallest absolute Gasteiger partial charge is 0.319 e. The van der Waals surface area contributed by atoms with Gasteiger partial charge >= 0.3 is 6.03 Å². The van der Waals surface area contributed by atoms with Gasteiger partial charge in [0.2, 0.25) is 0 Å². The molecule has 0 heterocycles. The summed E-state index contributed by atoms with van der Waals surface area (Å²) in [7, 11) is 1.75. The highest BCUT2D eigenvalue weighted by atomic mass is 127. The van der Waals surface area contributed by atoms with Crippen molar-refractivity contribution in [3.63, 3.8) is 0 Å². The lowest BCUT2D eigenvalue weighted by molar-refractivity contribution is 0.250. The minimum absolute atomic E-state index is 0. The van der Waals surface area contributed by atoms with Crippen LogP contribution in [0.2, 0.25) is 5.02 Å². The van der Waals surface area contributed by atoms with Crippen LogP contribution in [0.15, 0.2) is 53.5 Å². The Hall–Kier alpha value is -2.00. The summed E-state index contributed by atoms with van der Waals surface area (Å²) in [4.78, 5) is 16.0. The van der Waals surface area contributed by atoms with Crippen LogP contribution >= 0.6 is 35.6 Å². The largest absolute Gasteiger partial charge is 0.356 e. The van der Waals surface area contributed by atoms with Gasteiger partial charge in [-0.25, -0.2) is 4.79 Å². The monoisotopic (exact) mass is 529 g/mol. The highest BCUT2D eigenvalue weighted by Gasteiger charge is 2.04. The molecule has 0 aliphatic carbocycles. The number of halogens is 2. The predicted octanol–water partition coefficient (Wildman–Crippen LogP) is 4.40. The van der Waals surface area contributed by atoms with Gasteiger partial charge in [0.25, 0.3) is 0 Å². The van der Waals surface area contributed by atoms with Crippen LogP contribution in [0.1, 0.15) is 25.0 Å². The first-order chi connectivity index (χ1) is 13.5. The quantitative estimate of drug-likeness (QED) is 0.244. The number of nitrogens with one attached hydrogen (secondary N) is 4. The molecule has 0 saturated carbocycles. The van der Waals surface area contributed by atoms with E-state index in [4.69, 9.17) is 11.6 Å². The maximum atomic E-state index is 11.7. The molecule has 0 aromatic heterocycles. The van der Waals surface area contributed by atoms with E-state index in [1.165, 1.54) is 5.56 Å². The van der Waals surface area contributed by atoms with Gasteiger partial charge in [0, 0.05) is 36.9 Å². The van der Waals surface area contributed by atoms with Gasteiger partial charge in [0.15, 0.2) is 5.96 Å². The van der Waals surface area contributed by atoms with E-state index < -0.39 is 0 Å². The van der Waals surface area contributed by atoms with Crippen LogP contribution in [0.4, 0.5) is 10.5 Å². The lowest BCUT2D eigenvalue weighted by atomic mass is 10.1. The van der Waals surface area contributed by atoms with Crippen molar-refractivity contribution in [1.82, 2.24) is 16.0 Å². The molecule has 0 fully saturated rings. The molecule has 0 aliphatic rings. The predicted molar refractivity (Wildman–Crippen MR) is 133 cm³/mol. The Morgan fingerprint density at radius 1 is 1.07 bits per heavy atom. The molecule has 0 unspecified atom stereocenters. The second-order valence-corrected chi connectivity index (χ2v) is 7.12. The first kappa shape index (κ1) is 25.0. The Bertz CT molecular complexity index is 796. The highest BCUT2D eigenvalue weighted by Crippen LogP contribution is 2.11. The molecule has 6 nitrogen and oxygen atoms in total. The molecule has 29 heavy (non-hydrogen) atoms. The van der Waals surface area contributed by atoms with Crippen molar-refractivity contribution in [2.45, 2.75) is 32.9 Å². The van der Waals surface area contributed by atoms with Crippen LogP contribution in [0.3, 0.4) is 0 Å². The van der Waals surface area contributed by atoms with Crippen molar-refractivity contribution in [3.05, 3.63) is 64.7 Å². The lowest BCUT2D eigenvalue weighted by Crippen LogP contribution is -2.37. The molecule has 2 aromatic carbocycles. The number of benzene rings is 2. The first-order valence-corrected chi connectivity index (χ1v) is 9.69. The zero-order chi connectivity index (χ0) is 20.4. The van der Waals surface area contributed by atoms with Gasteiger partial charge in [-0.3, -0.25) is 4.99 Å². The molecule has 0 radical (unpaired) electrons. The molecule has 2 rings (SSSR count). The molecule has 4 N–H and O–H groups in total. The molecule has 0 bridgehead atoms. The van der Waals surface area contributed by atoms with Crippen molar-refractivity contribution in [2.24, 2.45) is 4.99 Å². The van der Waals surface area contributed by atoms with Crippen LogP contribution < -0.4 is 21.3 Å². The zero-order valence-corrected chi connectivity index (χ0v) is 20.0. The Morgan fingerprint density at radius 2 is 1.79 bits per heavy atom. The summed E-state index contributed by atoms with van der Waals surface area (Å²) in [5.41, 5.74) is 3.03. The number of rotatable bonds is 7. The summed E-state index contributed by atoms with van der Waals surface area (Å²) in [6, 6.07) is 15.4. The molecule has 2 aromatic rings. The third-order valence-corrected chi connectivity index (χ3v) is 4.15. The number of anilines is 1. The van der Waals surface area contributed by atoms with Gasteiger partial charge in [0.1, 0.15) is 0 Å². The van der Waals surface area contributed by atoms with Gasteiger partial charge in [-0.15, -0.1) is 24.0 Å². The third kappa shape index (κ3) is 9.85. The van der Waals surface area contributed by atoms with Crippen molar-refractivity contribution in [2.75, 3.05) is 18.9 Å². The summed E-state index contributed by atoms with van der Waals surface area (Å²) in [6.07, 6.45) is 0.861. The van der Waals surface area contributed by atoms with E-state index in [-0.39, 0.29) is 36.0 Å². The molecular formula is C21H29ClIN5O. The van der Waals surface area contributed by atoms with E-state index in [9.17, 15) is 4.79 Å². The zero-order valence-electron chi connectivity index (χ0n) is 17.0. The highest BCUT2D eigenvalue weighted by molar-refractivity contribution is 14.0. The molecule has 0 aliphatic heterocycles. The number of amides is 2. The number of hydrogen-bond donors (Lipinski definition) is 4. The van der Waals surface area contributed by atoms with Crippen LogP contribution in [-0.4, -0.2) is 31.6 Å². The van der Waals surface area contributed by atoms with Gasteiger partial charge in [0.05, 0.1) is 0 Å². The lowest BCUT2D eigenvalue weighted by Gasteiger charge is -2.13. The van der Waals surface area contributed by atoms with Crippen molar-refractivity contribution in [3.8, 4) is 0 Å². The first-order valence-electron chi connectivity index (χ1n) is 9.31. The van der Waals surface area contributed by atoms with Gasteiger partial charge < -0.3 is 21.3 Å². The fraction of sp³-hybridized carbons (Fsp3) is 0.333. The molecule has 0 atom stereocenters. The molecule has 0 spiro atoms. The molecule has 8 heteroatoms. The standard InChI is InChI=1S/C21H28ClN5O.HI/c1-15(2)26-21(28)27-19-9-7-17(8-10-19)14-25-20(23-3)24-12-11-16-5-4-6-18(22)13-16;/h4-10,13,15H,11-12,14H2,1-3H3,(H2,23,24,25)(H2,26,27,28);1H. The summed E-state index contributed by atoms with van der Waals surface area (Å²) >= 11 is 6.01. The van der Waals surface area contributed by atoms with E-state index in [1.807, 2.05) is 56.3 Å². The van der Waals surface area contributed by atoms with Gasteiger partial charge in [-0.05, 0) is 55.7 Å². The Kier molecular flexibility index (Phi) is 11.5. The second-order valence-electron chi connectivity index (χ2n) is 6.68. The second kappa shape index (κ2) is 13.3. The molecule has 0 saturated heterocycles. The van der Waals surface area contributed by atoms with E-state index in [1.54, 1.807) is 7.05 Å². The third-order valence-electron chi connectivity index (χ3n) is 3.91. The Morgan fingerprint density at radius 3 is 2.41 bits per heavy atom. The average Bonchev–Trinajstić information content (AvgIpc) is 2.65. The number of carbonyl (C=O) groups is 1. The topological polar surface area (TPSA) is 77.6 Å². The maximum absolute atomic E-state index is 11.7. The van der Waals surface area contributed by atoms with Gasteiger partial charge in [-0.1, -0.05) is 35.9 Å². The number of nitrogens with zero attached hydrogens (tertiary/aromatic N) is 1. The fourth-order valence-electron chi connectivity index (χ4n) is 2.56. The summed E-state index contributed by atoms with van der Waals surface area (Å²) in [5, 5.41) is 12.9. The normalized spacial score (nSPS) is 10.9. The Labute approximate surface area is 194 Å². The van der Waals surface area contributed by atoms with Crippen LogP contribution in [0.25, 0.3) is 0 Å². The minimum atomic E-state index is -0.204. The van der Waals surface area contributed by atoms with Crippen LogP contribution in [0.5, 0.6) is 0 Å². The van der Waals surface area contributed by atoms with Crippen molar-refractivity contribution < 1.29 is 4.79 Å². The van der Waals surface area contributed by atoms with E-state index in [2.05, 4.69) is 32.3 Å². The number of aliphatic imine (C=N–C) groups is 1. The minimum Gasteiger partial charge on any atom is -0.356 e.